The standard InChI is InChI=1S/C21H25ClN2O4S/c1-28-19-8-4-16(5-9-19)12-13-23-21(25)17-3-2-14-24(15-17)29(26,27)20-10-6-18(22)7-11-20/h4-11,17H,2-3,12-15H2,1H3,(H,23,25)/t17-/m1/s1. The summed E-state index contributed by atoms with van der Waals surface area (Å²) in [4.78, 5) is 12.8. The zero-order valence-electron chi connectivity index (χ0n) is 16.3. The second-order valence-corrected chi connectivity index (χ2v) is 9.42. The quantitative estimate of drug-likeness (QED) is 0.723. The number of sulfonamides is 1. The summed E-state index contributed by atoms with van der Waals surface area (Å²) >= 11 is 5.85. The van der Waals surface area contributed by atoms with Crippen LogP contribution in [0.5, 0.6) is 5.75 Å². The first kappa shape index (κ1) is 21.6. The largest absolute Gasteiger partial charge is 0.497 e. The van der Waals surface area contributed by atoms with Crippen LogP contribution < -0.4 is 10.1 Å². The maximum absolute atomic E-state index is 12.9. The number of benzene rings is 2. The summed E-state index contributed by atoms with van der Waals surface area (Å²) in [5.74, 6) is 0.346. The van der Waals surface area contributed by atoms with E-state index in [0.717, 1.165) is 11.3 Å². The topological polar surface area (TPSA) is 75.7 Å². The highest BCUT2D eigenvalue weighted by molar-refractivity contribution is 7.89. The maximum atomic E-state index is 12.9. The summed E-state index contributed by atoms with van der Waals surface area (Å²) in [5, 5.41) is 3.42. The van der Waals surface area contributed by atoms with Gasteiger partial charge in [0, 0.05) is 24.7 Å². The number of hydrogen-bond donors (Lipinski definition) is 1. The van der Waals surface area contributed by atoms with Crippen molar-refractivity contribution in [1.82, 2.24) is 9.62 Å². The fraction of sp³-hybridized carbons (Fsp3) is 0.381. The van der Waals surface area contributed by atoms with E-state index in [2.05, 4.69) is 5.32 Å². The van der Waals surface area contributed by atoms with Gasteiger partial charge in [-0.05, 0) is 61.2 Å². The third-order valence-electron chi connectivity index (χ3n) is 5.08. The first-order valence-corrected chi connectivity index (χ1v) is 11.4. The molecule has 1 heterocycles. The van der Waals surface area contributed by atoms with E-state index < -0.39 is 10.0 Å². The van der Waals surface area contributed by atoms with Gasteiger partial charge in [-0.25, -0.2) is 8.42 Å². The Morgan fingerprint density at radius 1 is 1.17 bits per heavy atom. The van der Waals surface area contributed by atoms with Crippen molar-refractivity contribution in [2.45, 2.75) is 24.2 Å². The molecule has 0 spiro atoms. The van der Waals surface area contributed by atoms with E-state index >= 15 is 0 Å². The van der Waals surface area contributed by atoms with Crippen LogP contribution in [0.15, 0.2) is 53.4 Å². The average molecular weight is 437 g/mol. The number of methoxy groups -OCH3 is 1. The molecule has 0 radical (unpaired) electrons. The fourth-order valence-corrected chi connectivity index (χ4v) is 5.05. The molecule has 0 aromatic heterocycles. The zero-order valence-corrected chi connectivity index (χ0v) is 17.9. The number of ether oxygens (including phenoxy) is 1. The van der Waals surface area contributed by atoms with Crippen LogP contribution in [-0.2, 0) is 21.2 Å². The van der Waals surface area contributed by atoms with E-state index in [-0.39, 0.29) is 23.3 Å². The van der Waals surface area contributed by atoms with Crippen molar-refractivity contribution in [2.24, 2.45) is 5.92 Å². The molecular weight excluding hydrogens is 412 g/mol. The van der Waals surface area contributed by atoms with Crippen LogP contribution in [0.4, 0.5) is 0 Å². The van der Waals surface area contributed by atoms with E-state index in [4.69, 9.17) is 16.3 Å². The smallest absolute Gasteiger partial charge is 0.243 e. The summed E-state index contributed by atoms with van der Waals surface area (Å²) in [6.45, 7) is 1.12. The van der Waals surface area contributed by atoms with Gasteiger partial charge in [-0.2, -0.15) is 4.31 Å². The molecule has 1 fully saturated rings. The Kier molecular flexibility index (Phi) is 7.16. The Bertz CT molecular complexity index is 930. The minimum atomic E-state index is -3.63. The molecule has 3 rings (SSSR count). The Morgan fingerprint density at radius 2 is 1.86 bits per heavy atom. The van der Waals surface area contributed by atoms with Gasteiger partial charge >= 0.3 is 0 Å². The Hall–Kier alpha value is -2.09. The van der Waals surface area contributed by atoms with E-state index in [1.54, 1.807) is 19.2 Å². The van der Waals surface area contributed by atoms with Gasteiger partial charge in [0.15, 0.2) is 0 Å². The summed E-state index contributed by atoms with van der Waals surface area (Å²) < 4.78 is 32.3. The van der Waals surface area contributed by atoms with Crippen molar-refractivity contribution in [3.63, 3.8) is 0 Å². The van der Waals surface area contributed by atoms with Gasteiger partial charge in [-0.1, -0.05) is 23.7 Å². The van der Waals surface area contributed by atoms with Crippen LogP contribution in [0.2, 0.25) is 5.02 Å². The number of nitrogens with one attached hydrogen (secondary N) is 1. The lowest BCUT2D eigenvalue weighted by Crippen LogP contribution is -2.45. The Morgan fingerprint density at radius 3 is 2.52 bits per heavy atom. The monoisotopic (exact) mass is 436 g/mol. The van der Waals surface area contributed by atoms with Crippen molar-refractivity contribution in [3.05, 3.63) is 59.1 Å². The fourth-order valence-electron chi connectivity index (χ4n) is 3.40. The zero-order chi connectivity index (χ0) is 20.9. The second-order valence-electron chi connectivity index (χ2n) is 7.05. The van der Waals surface area contributed by atoms with E-state index in [0.29, 0.717) is 37.4 Å². The minimum absolute atomic E-state index is 0.102. The molecule has 1 N–H and O–H groups in total. The highest BCUT2D eigenvalue weighted by atomic mass is 35.5. The molecule has 29 heavy (non-hydrogen) atoms. The lowest BCUT2D eigenvalue weighted by molar-refractivity contribution is -0.126. The van der Waals surface area contributed by atoms with Crippen molar-refractivity contribution in [2.75, 3.05) is 26.7 Å². The third kappa shape index (κ3) is 5.50. The van der Waals surface area contributed by atoms with Crippen molar-refractivity contribution in [3.8, 4) is 5.75 Å². The molecule has 1 atom stereocenters. The van der Waals surface area contributed by atoms with Crippen molar-refractivity contribution >= 4 is 27.5 Å². The van der Waals surface area contributed by atoms with Gasteiger partial charge in [-0.3, -0.25) is 4.79 Å². The van der Waals surface area contributed by atoms with Gasteiger partial charge in [-0.15, -0.1) is 0 Å². The van der Waals surface area contributed by atoms with Crippen LogP contribution in [0.1, 0.15) is 18.4 Å². The Labute approximate surface area is 176 Å². The predicted molar refractivity (Wildman–Crippen MR) is 113 cm³/mol. The first-order valence-electron chi connectivity index (χ1n) is 9.56. The maximum Gasteiger partial charge on any atom is 0.243 e. The molecule has 1 amide bonds. The third-order valence-corrected chi connectivity index (χ3v) is 7.21. The molecule has 6 nitrogen and oxygen atoms in total. The molecule has 1 saturated heterocycles. The lowest BCUT2D eigenvalue weighted by atomic mass is 9.99. The first-order chi connectivity index (χ1) is 13.9. The van der Waals surface area contributed by atoms with Gasteiger partial charge < -0.3 is 10.1 Å². The minimum Gasteiger partial charge on any atom is -0.497 e. The van der Waals surface area contributed by atoms with Crippen LogP contribution in [0.25, 0.3) is 0 Å². The molecule has 0 unspecified atom stereocenters. The van der Waals surface area contributed by atoms with E-state index in [9.17, 15) is 13.2 Å². The molecule has 156 valence electrons. The normalized spacial score (nSPS) is 17.7. The van der Waals surface area contributed by atoms with Gasteiger partial charge in [0.05, 0.1) is 17.9 Å². The lowest BCUT2D eigenvalue weighted by Gasteiger charge is -2.31. The van der Waals surface area contributed by atoms with Crippen LogP contribution in [0, 0.1) is 5.92 Å². The molecule has 8 heteroatoms. The average Bonchev–Trinajstić information content (AvgIpc) is 2.74. The molecule has 0 bridgehead atoms. The number of carbonyl (C=O) groups is 1. The van der Waals surface area contributed by atoms with Gasteiger partial charge in [0.1, 0.15) is 5.75 Å². The molecule has 1 aliphatic rings. The number of piperidine rings is 1. The van der Waals surface area contributed by atoms with Gasteiger partial charge in [0.2, 0.25) is 15.9 Å². The number of halogens is 1. The summed E-state index contributed by atoms with van der Waals surface area (Å²) in [6, 6.07) is 13.8. The van der Waals surface area contributed by atoms with Crippen LogP contribution in [0.3, 0.4) is 0 Å². The highest BCUT2D eigenvalue weighted by Crippen LogP contribution is 2.25. The van der Waals surface area contributed by atoms with Crippen LogP contribution >= 0.6 is 11.6 Å². The number of rotatable bonds is 7. The molecule has 0 saturated carbocycles. The molecule has 1 aliphatic heterocycles. The van der Waals surface area contributed by atoms with Gasteiger partial charge in [0.25, 0.3) is 0 Å². The highest BCUT2D eigenvalue weighted by Gasteiger charge is 2.33. The number of amides is 1. The summed E-state index contributed by atoms with van der Waals surface area (Å²) in [7, 11) is -2.01. The van der Waals surface area contributed by atoms with Crippen molar-refractivity contribution < 1.29 is 17.9 Å². The molecular formula is C21H25ClN2O4S. The SMILES string of the molecule is COc1ccc(CCNC(=O)[C@@H]2CCCN(S(=O)(=O)c3ccc(Cl)cc3)C2)cc1. The number of carbonyl (C=O) groups excluding carboxylic acids is 1. The van der Waals surface area contributed by atoms with E-state index in [1.807, 2.05) is 24.3 Å². The van der Waals surface area contributed by atoms with Crippen molar-refractivity contribution in [1.29, 1.82) is 0 Å². The molecule has 2 aromatic rings. The predicted octanol–water partition coefficient (Wildman–Crippen LogP) is 3.11. The second kappa shape index (κ2) is 9.61. The molecule has 0 aliphatic carbocycles. The Balaban J connectivity index is 1.55. The summed E-state index contributed by atoms with van der Waals surface area (Å²) in [6.07, 6.45) is 2.04. The molecule has 2 aromatic carbocycles. The summed E-state index contributed by atoms with van der Waals surface area (Å²) in [5.41, 5.74) is 1.10. The number of hydrogen-bond acceptors (Lipinski definition) is 4. The van der Waals surface area contributed by atoms with Crippen LogP contribution in [-0.4, -0.2) is 45.4 Å². The van der Waals surface area contributed by atoms with E-state index in [1.165, 1.54) is 16.4 Å². The number of nitrogens with zero attached hydrogens (tertiary/aromatic N) is 1.